The van der Waals surface area contributed by atoms with Gasteiger partial charge in [-0.2, -0.15) is 0 Å². The topological polar surface area (TPSA) is 46.2 Å². The molecule has 0 aliphatic heterocycles. The van der Waals surface area contributed by atoms with Crippen molar-refractivity contribution in [2.45, 2.75) is 6.54 Å². The third kappa shape index (κ3) is 1.21. The van der Waals surface area contributed by atoms with Crippen molar-refractivity contribution < 1.29 is 5.11 Å². The first-order valence-electron chi connectivity index (χ1n) is 2.72. The van der Waals surface area contributed by atoms with Crippen LogP contribution in [0.25, 0.3) is 0 Å². The van der Waals surface area contributed by atoms with Crippen LogP contribution in [-0.2, 0) is 6.54 Å². The van der Waals surface area contributed by atoms with Gasteiger partial charge in [0.15, 0.2) is 0 Å². The number of phenols is 1. The fraction of sp³-hybridized carbons (Fsp3) is 0.143. The van der Waals surface area contributed by atoms with Gasteiger partial charge in [-0.3, -0.25) is 0 Å². The van der Waals surface area contributed by atoms with Crippen molar-refractivity contribution in [3.05, 3.63) is 29.8 Å². The number of rotatable bonds is 1. The molecule has 9 heavy (non-hydrogen) atoms. The zero-order valence-electron chi connectivity index (χ0n) is 4.96. The molecule has 0 unspecified atom stereocenters. The Balaban J connectivity index is 3.01. The summed E-state index contributed by atoms with van der Waals surface area (Å²) in [4.78, 5) is 0. The van der Waals surface area contributed by atoms with Gasteiger partial charge in [-0.1, -0.05) is 6.07 Å². The Bertz CT molecular complexity index is 198. The smallest absolute Gasteiger partial charge is 0.120 e. The second kappa shape index (κ2) is 2.51. The van der Waals surface area contributed by atoms with Crippen LogP contribution in [0.3, 0.4) is 0 Å². The van der Waals surface area contributed by atoms with Crippen molar-refractivity contribution in [1.29, 1.82) is 0 Å². The van der Waals surface area contributed by atoms with E-state index in [0.29, 0.717) is 6.54 Å². The van der Waals surface area contributed by atoms with Crippen molar-refractivity contribution in [3.63, 3.8) is 0 Å². The van der Waals surface area contributed by atoms with Crippen LogP contribution < -0.4 is 5.73 Å². The fourth-order valence-electron chi connectivity index (χ4n) is 0.620. The Morgan fingerprint density at radius 3 is 2.89 bits per heavy atom. The highest BCUT2D eigenvalue weighted by Gasteiger charge is 1.93. The van der Waals surface area contributed by atoms with Crippen molar-refractivity contribution in [2.75, 3.05) is 0 Å². The SMILES string of the molecule is NCc1c[c]ccc1O. The molecule has 0 fully saturated rings. The van der Waals surface area contributed by atoms with Gasteiger partial charge in [-0.15, -0.1) is 0 Å². The summed E-state index contributed by atoms with van der Waals surface area (Å²) in [5.41, 5.74) is 6.00. The van der Waals surface area contributed by atoms with Crippen LogP contribution in [0.5, 0.6) is 5.75 Å². The predicted octanol–water partition coefficient (Wildman–Crippen LogP) is 0.651. The molecule has 0 amide bonds. The Labute approximate surface area is 53.9 Å². The van der Waals surface area contributed by atoms with Crippen LogP contribution in [-0.4, -0.2) is 5.11 Å². The highest BCUT2D eigenvalue weighted by atomic mass is 16.3. The summed E-state index contributed by atoms with van der Waals surface area (Å²) in [6.07, 6.45) is 0. The van der Waals surface area contributed by atoms with Crippen molar-refractivity contribution in [1.82, 2.24) is 0 Å². The van der Waals surface area contributed by atoms with Gasteiger partial charge >= 0.3 is 0 Å². The quantitative estimate of drug-likeness (QED) is 0.574. The van der Waals surface area contributed by atoms with E-state index in [-0.39, 0.29) is 5.75 Å². The Morgan fingerprint density at radius 1 is 1.67 bits per heavy atom. The van der Waals surface area contributed by atoms with E-state index in [0.717, 1.165) is 5.56 Å². The van der Waals surface area contributed by atoms with Crippen LogP contribution in [0.1, 0.15) is 5.56 Å². The van der Waals surface area contributed by atoms with Crippen LogP contribution in [0.2, 0.25) is 0 Å². The van der Waals surface area contributed by atoms with Gasteiger partial charge in [0.25, 0.3) is 0 Å². The van der Waals surface area contributed by atoms with Crippen molar-refractivity contribution in [2.24, 2.45) is 5.73 Å². The molecule has 0 bridgehead atoms. The predicted molar refractivity (Wildman–Crippen MR) is 34.8 cm³/mol. The lowest BCUT2D eigenvalue weighted by Crippen LogP contribution is -1.95. The molecular formula is C7H8NO. The van der Waals surface area contributed by atoms with Gasteiger partial charge in [-0.25, -0.2) is 0 Å². The van der Waals surface area contributed by atoms with Crippen molar-refractivity contribution in [3.8, 4) is 5.75 Å². The Morgan fingerprint density at radius 2 is 2.44 bits per heavy atom. The largest absolute Gasteiger partial charge is 0.508 e. The maximum Gasteiger partial charge on any atom is 0.120 e. The first-order chi connectivity index (χ1) is 4.34. The summed E-state index contributed by atoms with van der Waals surface area (Å²) in [5.74, 6) is 0.247. The molecule has 3 N–H and O–H groups in total. The summed E-state index contributed by atoms with van der Waals surface area (Å²) >= 11 is 0. The van der Waals surface area contributed by atoms with E-state index in [1.54, 1.807) is 18.2 Å². The molecule has 2 nitrogen and oxygen atoms in total. The molecule has 0 heterocycles. The highest BCUT2D eigenvalue weighted by Crippen LogP contribution is 2.13. The number of aromatic hydroxyl groups is 1. The molecule has 2 heteroatoms. The number of hydrogen-bond acceptors (Lipinski definition) is 2. The number of phenolic OH excluding ortho intramolecular Hbond substituents is 1. The van der Waals surface area contributed by atoms with Gasteiger partial charge in [0.2, 0.25) is 0 Å². The number of hydrogen-bond donors (Lipinski definition) is 2. The maximum atomic E-state index is 9.01. The molecule has 0 aromatic heterocycles. The van der Waals surface area contributed by atoms with E-state index in [2.05, 4.69) is 6.07 Å². The third-order valence-electron chi connectivity index (χ3n) is 1.14. The minimum absolute atomic E-state index is 0.247. The summed E-state index contributed by atoms with van der Waals surface area (Å²) in [7, 11) is 0. The summed E-state index contributed by atoms with van der Waals surface area (Å²) in [6.45, 7) is 0.364. The Kier molecular flexibility index (Phi) is 1.70. The second-order valence-electron chi connectivity index (χ2n) is 1.76. The number of nitrogens with two attached hydrogens (primary N) is 1. The standard InChI is InChI=1S/C7H8NO/c8-5-6-3-1-2-4-7(6)9/h2-4,9H,5,8H2. The highest BCUT2D eigenvalue weighted by molar-refractivity contribution is 5.30. The average molecular weight is 122 g/mol. The fourth-order valence-corrected chi connectivity index (χ4v) is 0.620. The molecule has 47 valence electrons. The van der Waals surface area contributed by atoms with Gasteiger partial charge in [0.1, 0.15) is 5.75 Å². The molecule has 1 rings (SSSR count). The van der Waals surface area contributed by atoms with E-state index in [4.69, 9.17) is 10.8 Å². The first-order valence-corrected chi connectivity index (χ1v) is 2.72. The zero-order valence-corrected chi connectivity index (χ0v) is 4.96. The van der Waals surface area contributed by atoms with Crippen LogP contribution in [0, 0.1) is 6.07 Å². The molecule has 0 aliphatic rings. The zero-order chi connectivity index (χ0) is 6.69. The lowest BCUT2D eigenvalue weighted by molar-refractivity contribution is 0.468. The van der Waals surface area contributed by atoms with Crippen LogP contribution in [0.4, 0.5) is 0 Å². The summed E-state index contributed by atoms with van der Waals surface area (Å²) in [5, 5.41) is 9.01. The van der Waals surface area contributed by atoms with Crippen LogP contribution >= 0.6 is 0 Å². The molecular weight excluding hydrogens is 114 g/mol. The first kappa shape index (κ1) is 6.11. The van der Waals surface area contributed by atoms with Gasteiger partial charge < -0.3 is 10.8 Å². The molecule has 0 saturated carbocycles. The third-order valence-corrected chi connectivity index (χ3v) is 1.14. The van der Waals surface area contributed by atoms with Gasteiger partial charge in [0.05, 0.1) is 0 Å². The second-order valence-corrected chi connectivity index (χ2v) is 1.76. The Hall–Kier alpha value is -1.02. The van der Waals surface area contributed by atoms with E-state index >= 15 is 0 Å². The van der Waals surface area contributed by atoms with E-state index in [1.165, 1.54) is 0 Å². The van der Waals surface area contributed by atoms with Gasteiger partial charge in [-0.05, 0) is 18.2 Å². The maximum absolute atomic E-state index is 9.01. The molecule has 0 spiro atoms. The molecule has 0 aliphatic carbocycles. The summed E-state index contributed by atoms with van der Waals surface area (Å²) in [6, 6.07) is 7.71. The van der Waals surface area contributed by atoms with Crippen molar-refractivity contribution >= 4 is 0 Å². The van der Waals surface area contributed by atoms with Gasteiger partial charge in [0, 0.05) is 12.1 Å². The molecule has 1 aromatic rings. The molecule has 1 aromatic carbocycles. The van der Waals surface area contributed by atoms with E-state index in [9.17, 15) is 0 Å². The minimum Gasteiger partial charge on any atom is -0.508 e. The average Bonchev–Trinajstić information content (AvgIpc) is 1.89. The molecule has 1 radical (unpaired) electrons. The van der Waals surface area contributed by atoms with Crippen LogP contribution in [0.15, 0.2) is 18.2 Å². The molecule has 0 atom stereocenters. The summed E-state index contributed by atoms with van der Waals surface area (Å²) < 4.78 is 0. The lowest BCUT2D eigenvalue weighted by atomic mass is 10.2. The lowest BCUT2D eigenvalue weighted by Gasteiger charge is -1.96. The van der Waals surface area contributed by atoms with E-state index < -0.39 is 0 Å². The molecule has 0 saturated heterocycles. The number of benzene rings is 1. The minimum atomic E-state index is 0.247. The van der Waals surface area contributed by atoms with E-state index in [1.807, 2.05) is 0 Å². The monoisotopic (exact) mass is 122 g/mol. The normalized spacial score (nSPS) is 9.44.